The molecule has 0 atom stereocenters. The number of rotatable bonds is 5. The summed E-state index contributed by atoms with van der Waals surface area (Å²) in [5.41, 5.74) is 5.01. The summed E-state index contributed by atoms with van der Waals surface area (Å²) < 4.78 is 21.4. The molecule has 0 saturated heterocycles. The number of hydrogen-bond donors (Lipinski definition) is 7. The summed E-state index contributed by atoms with van der Waals surface area (Å²) in [6, 6.07) is 0. The van der Waals surface area contributed by atoms with E-state index in [4.69, 9.17) is 30.4 Å². The average molecular weight is 343 g/mol. The first kappa shape index (κ1) is 29.2. The Morgan fingerprint density at radius 1 is 1.05 bits per heavy atom. The summed E-state index contributed by atoms with van der Waals surface area (Å²) in [6.45, 7) is 1.89. The van der Waals surface area contributed by atoms with Crippen molar-refractivity contribution in [3.8, 4) is 0 Å². The molecule has 0 aliphatic rings. The van der Waals surface area contributed by atoms with Crippen LogP contribution in [0.5, 0.6) is 0 Å². The van der Waals surface area contributed by atoms with Gasteiger partial charge in [0.05, 0.1) is 0 Å². The maximum atomic E-state index is 10.7. The van der Waals surface area contributed by atoms with Crippen LogP contribution in [-0.2, 0) is 9.13 Å². The summed E-state index contributed by atoms with van der Waals surface area (Å²) >= 11 is 0. The van der Waals surface area contributed by atoms with Crippen LogP contribution in [-0.4, -0.2) is 107 Å². The molecule has 0 aliphatic heterocycles. The van der Waals surface area contributed by atoms with Crippen molar-refractivity contribution in [2.24, 2.45) is 5.73 Å². The van der Waals surface area contributed by atoms with E-state index in [-0.39, 0.29) is 78.7 Å². The van der Waals surface area contributed by atoms with Gasteiger partial charge in [-0.2, -0.15) is 0 Å². The molecular formula is C6H21NNa2O8P2. The normalized spacial score (nSPS) is 11.6. The molecule has 110 valence electrons. The van der Waals surface area contributed by atoms with Crippen molar-refractivity contribution in [3.05, 3.63) is 0 Å². The Labute approximate surface area is 155 Å². The van der Waals surface area contributed by atoms with Crippen LogP contribution in [0.15, 0.2) is 0 Å². The van der Waals surface area contributed by atoms with Gasteiger partial charge >= 0.3 is 74.3 Å². The van der Waals surface area contributed by atoms with Gasteiger partial charge in [-0.1, -0.05) is 0 Å². The third kappa shape index (κ3) is 10.5. The van der Waals surface area contributed by atoms with E-state index in [0.717, 1.165) is 0 Å². The molecule has 0 aromatic heterocycles. The maximum absolute atomic E-state index is 10.7. The molecule has 0 amide bonds. The molecule has 0 aliphatic carbocycles. The predicted octanol–water partition coefficient (Wildman–Crippen LogP) is -2.57. The van der Waals surface area contributed by atoms with Crippen LogP contribution >= 0.6 is 15.2 Å². The van der Waals surface area contributed by atoms with Crippen LogP contribution < -0.4 is 5.73 Å². The molecule has 0 heterocycles. The number of hydrogen-bond acceptors (Lipinski definition) is 5. The molecule has 0 saturated carbocycles. The summed E-state index contributed by atoms with van der Waals surface area (Å²) in [6.07, 6.45) is -0.856. The molecule has 9 nitrogen and oxygen atoms in total. The summed E-state index contributed by atoms with van der Waals surface area (Å²) in [4.78, 5) is 34.5. The Balaban J connectivity index is -0.000000204. The van der Waals surface area contributed by atoms with Crippen LogP contribution in [0.3, 0.4) is 0 Å². The van der Waals surface area contributed by atoms with Gasteiger partial charge in [0.25, 0.3) is 5.08 Å². The van der Waals surface area contributed by atoms with Gasteiger partial charge in [0, 0.05) is 13.0 Å². The third-order valence-corrected chi connectivity index (χ3v) is 5.53. The van der Waals surface area contributed by atoms with Crippen LogP contribution in [0.2, 0.25) is 0 Å². The van der Waals surface area contributed by atoms with Crippen molar-refractivity contribution in [2.75, 3.05) is 13.2 Å². The molecule has 19 heavy (non-hydrogen) atoms. The molecule has 8 N–H and O–H groups in total. The zero-order valence-corrected chi connectivity index (χ0v) is 11.1. The summed E-state index contributed by atoms with van der Waals surface area (Å²) in [5.74, 6) is 0. The SMILES string of the molecule is CCO.NCCCC(O)(P(=O)(O)O)P(=O)(O)O.[NaH].[NaH]. The quantitative estimate of drug-likeness (QED) is 0.208. The van der Waals surface area contributed by atoms with Gasteiger partial charge in [-0.15, -0.1) is 0 Å². The van der Waals surface area contributed by atoms with Gasteiger partial charge < -0.3 is 35.5 Å². The molecule has 0 bridgehead atoms. The molecule has 13 heteroatoms. The van der Waals surface area contributed by atoms with Crippen molar-refractivity contribution in [1.29, 1.82) is 0 Å². The first-order valence-electron chi connectivity index (χ1n) is 4.62. The Kier molecular flexibility index (Phi) is 19.5. The van der Waals surface area contributed by atoms with E-state index >= 15 is 0 Å². The van der Waals surface area contributed by atoms with Crippen molar-refractivity contribution in [3.63, 3.8) is 0 Å². The van der Waals surface area contributed by atoms with Gasteiger partial charge in [0.1, 0.15) is 0 Å². The minimum absolute atomic E-state index is 0. The Hall–Kier alpha value is 2.18. The Morgan fingerprint density at radius 3 is 1.47 bits per heavy atom. The molecule has 0 aromatic rings. The Bertz CT molecular complexity index is 284. The van der Waals surface area contributed by atoms with Crippen molar-refractivity contribution in [2.45, 2.75) is 24.8 Å². The van der Waals surface area contributed by atoms with Crippen molar-refractivity contribution < 1.29 is 38.9 Å². The number of aliphatic hydroxyl groups excluding tert-OH is 1. The fourth-order valence-corrected chi connectivity index (χ4v) is 3.06. The molecule has 0 fully saturated rings. The van der Waals surface area contributed by atoms with Crippen molar-refractivity contribution in [1.82, 2.24) is 0 Å². The van der Waals surface area contributed by atoms with E-state index < -0.39 is 26.7 Å². The first-order valence-corrected chi connectivity index (χ1v) is 7.85. The van der Waals surface area contributed by atoms with Crippen LogP contribution in [0.4, 0.5) is 0 Å². The molecule has 0 aromatic carbocycles. The van der Waals surface area contributed by atoms with E-state index in [1.807, 2.05) is 0 Å². The summed E-state index contributed by atoms with van der Waals surface area (Å²) in [5, 5.41) is 13.5. The van der Waals surface area contributed by atoms with Crippen molar-refractivity contribution >= 4 is 74.3 Å². The van der Waals surface area contributed by atoms with E-state index in [2.05, 4.69) is 0 Å². The average Bonchev–Trinajstić information content (AvgIpc) is 2.11. The fourth-order valence-electron chi connectivity index (χ4n) is 0.800. The van der Waals surface area contributed by atoms with Gasteiger partial charge in [-0.25, -0.2) is 0 Å². The first-order chi connectivity index (χ1) is 7.47. The van der Waals surface area contributed by atoms with Crippen LogP contribution in [0.1, 0.15) is 19.8 Å². The van der Waals surface area contributed by atoms with Gasteiger partial charge in [-0.05, 0) is 19.9 Å². The van der Waals surface area contributed by atoms with Gasteiger partial charge in [0.15, 0.2) is 0 Å². The number of nitrogens with two attached hydrogens (primary N) is 1. The van der Waals surface area contributed by atoms with E-state index in [0.29, 0.717) is 0 Å². The van der Waals surface area contributed by atoms with Gasteiger partial charge in [-0.3, -0.25) is 9.13 Å². The second kappa shape index (κ2) is 12.7. The topological polar surface area (TPSA) is 182 Å². The standard InChI is InChI=1S/C4H13NO7P2.C2H6O.2Na.2H/c5-3-1-2-4(6,13(7,8)9)14(10,11)12;1-2-3;;;;/h6H,1-3,5H2,(H2,7,8,9)(H2,10,11,12);3H,2H2,1H3;;;;. The fraction of sp³-hybridized carbons (Fsp3) is 1.00. The van der Waals surface area contributed by atoms with Gasteiger partial charge in [0.2, 0.25) is 0 Å². The van der Waals surface area contributed by atoms with E-state index in [9.17, 15) is 14.2 Å². The van der Waals surface area contributed by atoms with E-state index in [1.165, 1.54) is 0 Å². The third-order valence-electron chi connectivity index (χ3n) is 1.65. The number of aliphatic hydroxyl groups is 2. The second-order valence-electron chi connectivity index (χ2n) is 3.07. The van der Waals surface area contributed by atoms with E-state index in [1.54, 1.807) is 6.92 Å². The second-order valence-corrected chi connectivity index (χ2v) is 7.08. The molecule has 0 rings (SSSR count). The monoisotopic (exact) mass is 343 g/mol. The molecular weight excluding hydrogens is 322 g/mol. The predicted molar refractivity (Wildman–Crippen MR) is 74.4 cm³/mol. The molecule has 0 unspecified atom stereocenters. The zero-order valence-electron chi connectivity index (χ0n) is 9.30. The Morgan fingerprint density at radius 2 is 1.32 bits per heavy atom. The molecule has 0 spiro atoms. The van der Waals surface area contributed by atoms with Crippen LogP contribution in [0.25, 0.3) is 0 Å². The minimum atomic E-state index is -5.30. The summed E-state index contributed by atoms with van der Waals surface area (Å²) in [7, 11) is -10.6. The molecule has 0 radical (unpaired) electrons. The zero-order chi connectivity index (χ0) is 14.3. The van der Waals surface area contributed by atoms with Crippen LogP contribution in [0, 0.1) is 0 Å².